The van der Waals surface area contributed by atoms with Crippen LogP contribution in [0.4, 0.5) is 0 Å². The van der Waals surface area contributed by atoms with E-state index in [1.807, 2.05) is 6.92 Å². The van der Waals surface area contributed by atoms with E-state index in [4.69, 9.17) is 4.74 Å². The van der Waals surface area contributed by atoms with Gasteiger partial charge in [0.2, 0.25) is 0 Å². The lowest BCUT2D eigenvalue weighted by Gasteiger charge is -2.08. The maximum absolute atomic E-state index is 11.5. The Labute approximate surface area is 156 Å². The second-order valence-electron chi connectivity index (χ2n) is 7.92. The first-order chi connectivity index (χ1) is 12.1. The topological polar surface area (TPSA) is 46.5 Å². The van der Waals surface area contributed by atoms with Gasteiger partial charge in [-0.15, -0.1) is 0 Å². The van der Waals surface area contributed by atoms with E-state index in [0.717, 1.165) is 18.8 Å². The summed E-state index contributed by atoms with van der Waals surface area (Å²) in [5, 5.41) is 9.33. The molecule has 1 N–H and O–H groups in total. The maximum Gasteiger partial charge on any atom is 0.305 e. The summed E-state index contributed by atoms with van der Waals surface area (Å²) in [4.78, 5) is 11.5. The van der Waals surface area contributed by atoms with Crippen LogP contribution in [0.1, 0.15) is 117 Å². The van der Waals surface area contributed by atoms with E-state index in [-0.39, 0.29) is 12.6 Å². The van der Waals surface area contributed by atoms with Crippen LogP contribution in [0, 0.1) is 5.92 Å². The van der Waals surface area contributed by atoms with Gasteiger partial charge in [-0.25, -0.2) is 0 Å². The van der Waals surface area contributed by atoms with Gasteiger partial charge in [-0.3, -0.25) is 4.79 Å². The molecule has 0 saturated carbocycles. The van der Waals surface area contributed by atoms with E-state index in [1.165, 1.54) is 70.6 Å². The third kappa shape index (κ3) is 19.6. The number of rotatable bonds is 18. The molecule has 0 aromatic heterocycles. The van der Waals surface area contributed by atoms with Crippen molar-refractivity contribution < 1.29 is 14.6 Å². The molecule has 0 aliphatic heterocycles. The van der Waals surface area contributed by atoms with Gasteiger partial charge in [-0.05, 0) is 18.8 Å². The summed E-state index contributed by atoms with van der Waals surface area (Å²) in [5.41, 5.74) is 0. The minimum absolute atomic E-state index is 0.146. The van der Waals surface area contributed by atoms with Crippen LogP contribution >= 0.6 is 0 Å². The molecule has 25 heavy (non-hydrogen) atoms. The predicted molar refractivity (Wildman–Crippen MR) is 107 cm³/mol. The fourth-order valence-electron chi connectivity index (χ4n) is 2.97. The fourth-order valence-corrected chi connectivity index (χ4v) is 2.97. The third-order valence-corrected chi connectivity index (χ3v) is 4.82. The van der Waals surface area contributed by atoms with E-state index >= 15 is 0 Å². The Morgan fingerprint density at radius 3 is 1.68 bits per heavy atom. The van der Waals surface area contributed by atoms with Crippen LogP contribution in [0.3, 0.4) is 0 Å². The van der Waals surface area contributed by atoms with Crippen LogP contribution in [0.15, 0.2) is 0 Å². The zero-order valence-corrected chi connectivity index (χ0v) is 17.2. The third-order valence-electron chi connectivity index (χ3n) is 4.82. The van der Waals surface area contributed by atoms with E-state index < -0.39 is 6.10 Å². The smallest absolute Gasteiger partial charge is 0.305 e. The SMILES string of the molecule is CCC(O)COC(=O)CCCCCCCCCCCCCCC(C)C. The molecule has 0 saturated heterocycles. The largest absolute Gasteiger partial charge is 0.463 e. The number of unbranched alkanes of at least 4 members (excludes halogenated alkanes) is 11. The van der Waals surface area contributed by atoms with Gasteiger partial charge in [-0.2, -0.15) is 0 Å². The zero-order valence-electron chi connectivity index (χ0n) is 17.2. The molecule has 0 spiro atoms. The second kappa shape index (κ2) is 18.2. The van der Waals surface area contributed by atoms with Gasteiger partial charge >= 0.3 is 5.97 Å². The van der Waals surface area contributed by atoms with Crippen molar-refractivity contribution in [1.82, 2.24) is 0 Å². The van der Waals surface area contributed by atoms with Gasteiger partial charge in [0.1, 0.15) is 6.61 Å². The van der Waals surface area contributed by atoms with Crippen LogP contribution in [0.25, 0.3) is 0 Å². The first-order valence-electron chi connectivity index (χ1n) is 10.9. The standard InChI is InChI=1S/C22H44O3/c1-4-21(23)19-25-22(24)18-16-14-12-10-8-6-5-7-9-11-13-15-17-20(2)3/h20-21,23H,4-19H2,1-3H3. The number of hydrogen-bond acceptors (Lipinski definition) is 3. The van der Waals surface area contributed by atoms with Gasteiger partial charge in [0, 0.05) is 6.42 Å². The Hall–Kier alpha value is -0.570. The Kier molecular flexibility index (Phi) is 17.8. The molecule has 150 valence electrons. The fraction of sp³-hybridized carbons (Fsp3) is 0.955. The van der Waals surface area contributed by atoms with Crippen molar-refractivity contribution in [2.24, 2.45) is 5.92 Å². The highest BCUT2D eigenvalue weighted by Gasteiger charge is 2.06. The van der Waals surface area contributed by atoms with Crippen molar-refractivity contribution in [2.75, 3.05) is 6.61 Å². The summed E-state index contributed by atoms with van der Waals surface area (Å²) in [5.74, 6) is 0.695. The molecule has 1 atom stereocenters. The highest BCUT2D eigenvalue weighted by molar-refractivity contribution is 5.69. The number of aliphatic hydroxyl groups is 1. The maximum atomic E-state index is 11.5. The quantitative estimate of drug-likeness (QED) is 0.228. The first kappa shape index (κ1) is 24.4. The molecular weight excluding hydrogens is 312 g/mol. The summed E-state index contributed by atoms with van der Waals surface area (Å²) in [7, 11) is 0. The van der Waals surface area contributed by atoms with Gasteiger partial charge in [0.15, 0.2) is 0 Å². The number of carbonyl (C=O) groups excluding carboxylic acids is 1. The second-order valence-corrected chi connectivity index (χ2v) is 7.92. The van der Waals surface area contributed by atoms with Gasteiger partial charge in [-0.1, -0.05) is 97.8 Å². The highest BCUT2D eigenvalue weighted by atomic mass is 16.5. The number of hydrogen-bond donors (Lipinski definition) is 1. The van der Waals surface area contributed by atoms with Gasteiger partial charge < -0.3 is 9.84 Å². The number of carbonyl (C=O) groups is 1. The molecule has 0 heterocycles. The van der Waals surface area contributed by atoms with Crippen LogP contribution < -0.4 is 0 Å². The number of esters is 1. The molecule has 0 amide bonds. The molecule has 0 aliphatic carbocycles. The van der Waals surface area contributed by atoms with Gasteiger partial charge in [0.25, 0.3) is 0 Å². The number of aliphatic hydroxyl groups excluding tert-OH is 1. The molecular formula is C22H44O3. The molecule has 1 unspecified atom stereocenters. The summed E-state index contributed by atoms with van der Waals surface area (Å²) in [6, 6.07) is 0. The summed E-state index contributed by atoms with van der Waals surface area (Å²) >= 11 is 0. The van der Waals surface area contributed by atoms with E-state index in [2.05, 4.69) is 13.8 Å². The Balaban J connectivity index is 3.15. The van der Waals surface area contributed by atoms with Crippen molar-refractivity contribution in [3.63, 3.8) is 0 Å². The van der Waals surface area contributed by atoms with Crippen molar-refractivity contribution >= 4 is 5.97 Å². The molecule has 3 nitrogen and oxygen atoms in total. The monoisotopic (exact) mass is 356 g/mol. The van der Waals surface area contributed by atoms with Crippen molar-refractivity contribution in [3.05, 3.63) is 0 Å². The molecule has 3 heteroatoms. The molecule has 0 aromatic rings. The zero-order chi connectivity index (χ0) is 18.8. The summed E-state index contributed by atoms with van der Waals surface area (Å²) in [6.45, 7) is 6.65. The normalized spacial score (nSPS) is 12.5. The van der Waals surface area contributed by atoms with Crippen LogP contribution in [0.2, 0.25) is 0 Å². The first-order valence-corrected chi connectivity index (χ1v) is 10.9. The molecule has 0 radical (unpaired) electrons. The predicted octanol–water partition coefficient (Wildman–Crippen LogP) is 6.42. The van der Waals surface area contributed by atoms with Crippen LogP contribution in [-0.4, -0.2) is 23.8 Å². The average molecular weight is 357 g/mol. The Bertz CT molecular complexity index is 289. The molecule has 0 bridgehead atoms. The molecule has 0 fully saturated rings. The van der Waals surface area contributed by atoms with Crippen molar-refractivity contribution in [2.45, 2.75) is 123 Å². The van der Waals surface area contributed by atoms with Crippen LogP contribution in [0.5, 0.6) is 0 Å². The molecule has 0 aromatic carbocycles. The summed E-state index contributed by atoms with van der Waals surface area (Å²) < 4.78 is 5.02. The minimum Gasteiger partial charge on any atom is -0.463 e. The van der Waals surface area contributed by atoms with E-state index in [1.54, 1.807) is 0 Å². The van der Waals surface area contributed by atoms with Crippen molar-refractivity contribution in [1.29, 1.82) is 0 Å². The van der Waals surface area contributed by atoms with Gasteiger partial charge in [0.05, 0.1) is 6.10 Å². The molecule has 0 rings (SSSR count). The highest BCUT2D eigenvalue weighted by Crippen LogP contribution is 2.14. The lowest BCUT2D eigenvalue weighted by Crippen LogP contribution is -2.17. The van der Waals surface area contributed by atoms with Crippen molar-refractivity contribution in [3.8, 4) is 0 Å². The summed E-state index contributed by atoms with van der Waals surface area (Å²) in [6.07, 6.45) is 17.7. The lowest BCUT2D eigenvalue weighted by molar-refractivity contribution is -0.146. The Morgan fingerprint density at radius 1 is 0.800 bits per heavy atom. The Morgan fingerprint density at radius 2 is 1.24 bits per heavy atom. The minimum atomic E-state index is -0.510. The lowest BCUT2D eigenvalue weighted by atomic mass is 10.0. The van der Waals surface area contributed by atoms with Crippen LogP contribution in [-0.2, 0) is 9.53 Å². The van der Waals surface area contributed by atoms with E-state index in [0.29, 0.717) is 12.8 Å². The van der Waals surface area contributed by atoms with E-state index in [9.17, 15) is 9.90 Å². The number of ether oxygens (including phenoxy) is 1. The average Bonchev–Trinajstić information content (AvgIpc) is 2.59. The molecule has 0 aliphatic rings.